The summed E-state index contributed by atoms with van der Waals surface area (Å²) in [5.74, 6) is 0.857. The first-order valence-corrected chi connectivity index (χ1v) is 9.74. The van der Waals surface area contributed by atoms with Gasteiger partial charge in [-0.2, -0.15) is 4.52 Å². The quantitative estimate of drug-likeness (QED) is 0.540. The van der Waals surface area contributed by atoms with E-state index in [0.29, 0.717) is 5.65 Å². The molecule has 1 aromatic carbocycles. The zero-order valence-electron chi connectivity index (χ0n) is 16.4. The van der Waals surface area contributed by atoms with Crippen molar-refractivity contribution < 1.29 is 4.79 Å². The number of rotatable bonds is 4. The standard InChI is InChI=1S/C19H20N10O/c1-13-2-3-15(28-12-21-25-26-28)10-16(13)22-19(30)14-6-8-27(9-7-14)18-5-4-17-23-20-11-29(17)24-18/h2-5,10-12,14H,6-9H2,1H3,(H,22,30). The highest BCUT2D eigenvalue weighted by Crippen LogP contribution is 2.25. The number of benzene rings is 1. The summed E-state index contributed by atoms with van der Waals surface area (Å²) in [5, 5.41) is 26.7. The van der Waals surface area contributed by atoms with Gasteiger partial charge in [0, 0.05) is 24.7 Å². The maximum absolute atomic E-state index is 12.9. The number of nitrogens with one attached hydrogen (secondary N) is 1. The molecular weight excluding hydrogens is 384 g/mol. The topological polar surface area (TPSA) is 119 Å². The minimum atomic E-state index is -0.0454. The Morgan fingerprint density at radius 1 is 1.10 bits per heavy atom. The highest BCUT2D eigenvalue weighted by atomic mass is 16.1. The first-order chi connectivity index (χ1) is 14.7. The van der Waals surface area contributed by atoms with Crippen molar-refractivity contribution in [3.05, 3.63) is 48.5 Å². The normalized spacial score (nSPS) is 14.9. The molecule has 4 aromatic rings. The Kier molecular flexibility index (Phi) is 4.54. The van der Waals surface area contributed by atoms with Gasteiger partial charge in [-0.15, -0.1) is 20.4 Å². The van der Waals surface area contributed by atoms with Gasteiger partial charge in [-0.3, -0.25) is 4.79 Å². The van der Waals surface area contributed by atoms with E-state index < -0.39 is 0 Å². The maximum Gasteiger partial charge on any atom is 0.227 e. The van der Waals surface area contributed by atoms with Gasteiger partial charge in [-0.05, 0) is 60.0 Å². The second-order valence-electron chi connectivity index (χ2n) is 7.33. The predicted octanol–water partition coefficient (Wildman–Crippen LogP) is 1.26. The molecule has 1 fully saturated rings. The summed E-state index contributed by atoms with van der Waals surface area (Å²) in [7, 11) is 0. The number of piperidine rings is 1. The monoisotopic (exact) mass is 404 g/mol. The summed E-state index contributed by atoms with van der Waals surface area (Å²) in [4.78, 5) is 15.1. The largest absolute Gasteiger partial charge is 0.355 e. The van der Waals surface area contributed by atoms with Crippen LogP contribution in [-0.2, 0) is 4.79 Å². The van der Waals surface area contributed by atoms with Gasteiger partial charge in [0.25, 0.3) is 0 Å². The number of aromatic nitrogens is 8. The van der Waals surface area contributed by atoms with Gasteiger partial charge in [0.05, 0.1) is 5.69 Å². The van der Waals surface area contributed by atoms with E-state index in [1.54, 1.807) is 15.5 Å². The van der Waals surface area contributed by atoms with Gasteiger partial charge >= 0.3 is 0 Å². The first-order valence-electron chi connectivity index (χ1n) is 9.74. The average molecular weight is 404 g/mol. The molecule has 0 atom stereocenters. The van der Waals surface area contributed by atoms with E-state index in [2.05, 4.69) is 41.0 Å². The molecule has 0 spiro atoms. The van der Waals surface area contributed by atoms with Gasteiger partial charge in [0.2, 0.25) is 5.91 Å². The molecule has 0 unspecified atom stereocenters. The Labute approximate surface area is 171 Å². The van der Waals surface area contributed by atoms with E-state index in [0.717, 1.165) is 48.7 Å². The van der Waals surface area contributed by atoms with Gasteiger partial charge in [-0.25, -0.2) is 4.68 Å². The second kappa shape index (κ2) is 7.50. The van der Waals surface area contributed by atoms with Crippen LogP contribution in [0.3, 0.4) is 0 Å². The molecule has 5 rings (SSSR count). The number of hydrogen-bond donors (Lipinski definition) is 1. The number of carbonyl (C=O) groups excluding carboxylic acids is 1. The molecule has 0 aliphatic carbocycles. The molecule has 1 saturated heterocycles. The van der Waals surface area contributed by atoms with Crippen molar-refractivity contribution in [2.75, 3.05) is 23.3 Å². The Morgan fingerprint density at radius 2 is 1.97 bits per heavy atom. The fourth-order valence-corrected chi connectivity index (χ4v) is 3.66. The molecule has 1 amide bonds. The van der Waals surface area contributed by atoms with Crippen LogP contribution in [0, 0.1) is 12.8 Å². The molecule has 1 N–H and O–H groups in total. The molecule has 30 heavy (non-hydrogen) atoms. The fourth-order valence-electron chi connectivity index (χ4n) is 3.66. The zero-order chi connectivity index (χ0) is 20.5. The number of aryl methyl sites for hydroxylation is 1. The van der Waals surface area contributed by atoms with E-state index in [4.69, 9.17) is 0 Å². The molecule has 3 aromatic heterocycles. The number of amides is 1. The lowest BCUT2D eigenvalue weighted by Crippen LogP contribution is -2.38. The first kappa shape index (κ1) is 18.2. The average Bonchev–Trinajstić information content (AvgIpc) is 3.47. The van der Waals surface area contributed by atoms with Crippen LogP contribution < -0.4 is 10.2 Å². The summed E-state index contributed by atoms with van der Waals surface area (Å²) in [5.41, 5.74) is 3.28. The third kappa shape index (κ3) is 3.45. The number of anilines is 2. The maximum atomic E-state index is 12.9. The van der Waals surface area contributed by atoms with Crippen LogP contribution in [0.2, 0.25) is 0 Å². The molecule has 0 saturated carbocycles. The molecule has 4 heterocycles. The van der Waals surface area contributed by atoms with Gasteiger partial charge in [0.15, 0.2) is 5.65 Å². The van der Waals surface area contributed by atoms with Crippen molar-refractivity contribution in [3.63, 3.8) is 0 Å². The van der Waals surface area contributed by atoms with Crippen molar-refractivity contribution in [2.45, 2.75) is 19.8 Å². The molecule has 1 aliphatic heterocycles. The van der Waals surface area contributed by atoms with Gasteiger partial charge in [-0.1, -0.05) is 6.07 Å². The van der Waals surface area contributed by atoms with E-state index in [-0.39, 0.29) is 11.8 Å². The highest BCUT2D eigenvalue weighted by Gasteiger charge is 2.26. The van der Waals surface area contributed by atoms with E-state index in [1.807, 2.05) is 37.3 Å². The van der Waals surface area contributed by atoms with Crippen molar-refractivity contribution in [1.82, 2.24) is 40.0 Å². The van der Waals surface area contributed by atoms with Crippen LogP contribution in [0.1, 0.15) is 18.4 Å². The second-order valence-corrected chi connectivity index (χ2v) is 7.33. The Hall–Kier alpha value is -3.89. The summed E-state index contributed by atoms with van der Waals surface area (Å²) in [6.45, 7) is 3.50. The van der Waals surface area contributed by atoms with Crippen LogP contribution in [-0.4, -0.2) is 59.0 Å². The lowest BCUT2D eigenvalue weighted by atomic mass is 9.95. The number of nitrogens with zero attached hydrogens (tertiary/aromatic N) is 9. The lowest BCUT2D eigenvalue weighted by Gasteiger charge is -2.32. The van der Waals surface area contributed by atoms with E-state index >= 15 is 0 Å². The molecule has 11 heteroatoms. The van der Waals surface area contributed by atoms with Gasteiger partial charge < -0.3 is 10.2 Å². The molecule has 1 aliphatic rings. The third-order valence-corrected chi connectivity index (χ3v) is 5.43. The van der Waals surface area contributed by atoms with E-state index in [9.17, 15) is 4.79 Å². The van der Waals surface area contributed by atoms with Crippen LogP contribution in [0.25, 0.3) is 11.3 Å². The number of fused-ring (bicyclic) bond motifs is 1. The van der Waals surface area contributed by atoms with Crippen LogP contribution >= 0.6 is 0 Å². The van der Waals surface area contributed by atoms with Crippen LogP contribution in [0.15, 0.2) is 43.0 Å². The van der Waals surface area contributed by atoms with Gasteiger partial charge in [0.1, 0.15) is 18.5 Å². The van der Waals surface area contributed by atoms with E-state index in [1.165, 1.54) is 6.33 Å². The van der Waals surface area contributed by atoms with Crippen LogP contribution in [0.4, 0.5) is 11.5 Å². The molecule has 152 valence electrons. The molecule has 0 radical (unpaired) electrons. The minimum Gasteiger partial charge on any atom is -0.355 e. The zero-order valence-corrected chi connectivity index (χ0v) is 16.4. The molecule has 0 bridgehead atoms. The van der Waals surface area contributed by atoms with Crippen molar-refractivity contribution >= 4 is 23.1 Å². The van der Waals surface area contributed by atoms with Crippen molar-refractivity contribution in [2.24, 2.45) is 5.92 Å². The van der Waals surface area contributed by atoms with Crippen molar-refractivity contribution in [1.29, 1.82) is 0 Å². The van der Waals surface area contributed by atoms with Crippen molar-refractivity contribution in [3.8, 4) is 5.69 Å². The lowest BCUT2D eigenvalue weighted by molar-refractivity contribution is -0.120. The predicted molar refractivity (Wildman–Crippen MR) is 108 cm³/mol. The highest BCUT2D eigenvalue weighted by molar-refractivity contribution is 5.93. The Balaban J connectivity index is 1.24. The summed E-state index contributed by atoms with van der Waals surface area (Å²) in [6, 6.07) is 9.59. The summed E-state index contributed by atoms with van der Waals surface area (Å²) >= 11 is 0. The smallest absolute Gasteiger partial charge is 0.227 e. The summed E-state index contributed by atoms with van der Waals surface area (Å²) < 4.78 is 3.22. The summed E-state index contributed by atoms with van der Waals surface area (Å²) in [6.07, 6.45) is 4.64. The number of carbonyl (C=O) groups is 1. The third-order valence-electron chi connectivity index (χ3n) is 5.43. The fraction of sp³-hybridized carbons (Fsp3) is 0.316. The van der Waals surface area contributed by atoms with Crippen LogP contribution in [0.5, 0.6) is 0 Å². The Morgan fingerprint density at radius 3 is 2.77 bits per heavy atom. The molecular formula is C19H20N10O. The molecule has 11 nitrogen and oxygen atoms in total. The minimum absolute atomic E-state index is 0.0360. The SMILES string of the molecule is Cc1ccc(-n2cnnn2)cc1NC(=O)C1CCN(c2ccc3nncn3n2)CC1. The number of hydrogen-bond acceptors (Lipinski definition) is 8. The Bertz CT molecular complexity index is 1180. The number of tetrazole rings is 1.